The molecule has 1 aromatic carbocycles. The van der Waals surface area contributed by atoms with Gasteiger partial charge in [0.15, 0.2) is 0 Å². The standard InChI is InChI=1S/C14H19N3O.C3H8/c1-10-13-9-12(17-5-7-18-8-6-17)3-4-14(13)16-11(2)15-10;1-3-2/h3-4,9-10,15-16H,2,5-8H2,1H3;3H2,1-2H3. The van der Waals surface area contributed by atoms with Crippen LogP contribution in [0.5, 0.6) is 0 Å². The first kappa shape index (κ1) is 15.7. The minimum Gasteiger partial charge on any atom is -0.378 e. The molecule has 0 radical (unpaired) electrons. The van der Waals surface area contributed by atoms with Crippen molar-refractivity contribution in [1.82, 2.24) is 5.32 Å². The molecule has 0 bridgehead atoms. The summed E-state index contributed by atoms with van der Waals surface area (Å²) in [6.07, 6.45) is 1.25. The molecule has 0 spiro atoms. The molecule has 0 amide bonds. The molecule has 0 aromatic heterocycles. The Morgan fingerprint density at radius 1 is 1.29 bits per heavy atom. The summed E-state index contributed by atoms with van der Waals surface area (Å²) in [6.45, 7) is 13.9. The number of rotatable bonds is 1. The number of ether oxygens (including phenoxy) is 1. The maximum absolute atomic E-state index is 5.39. The highest BCUT2D eigenvalue weighted by Crippen LogP contribution is 2.32. The lowest BCUT2D eigenvalue weighted by atomic mass is 10.0. The SMILES string of the molecule is C=C1Nc2ccc(N3CCOCC3)cc2C(C)N1.CCC. The Hall–Kier alpha value is -1.68. The van der Waals surface area contributed by atoms with E-state index in [-0.39, 0.29) is 0 Å². The van der Waals surface area contributed by atoms with E-state index in [0.29, 0.717) is 6.04 Å². The van der Waals surface area contributed by atoms with Crippen LogP contribution in [0.25, 0.3) is 0 Å². The molecule has 0 saturated carbocycles. The Morgan fingerprint density at radius 3 is 2.62 bits per heavy atom. The molecule has 1 saturated heterocycles. The second kappa shape index (κ2) is 7.36. The van der Waals surface area contributed by atoms with E-state index in [2.05, 4.69) is 61.1 Å². The van der Waals surface area contributed by atoms with Crippen LogP contribution in [0.15, 0.2) is 30.6 Å². The summed E-state index contributed by atoms with van der Waals surface area (Å²) in [5.41, 5.74) is 3.73. The van der Waals surface area contributed by atoms with Gasteiger partial charge in [0, 0.05) is 24.5 Å². The van der Waals surface area contributed by atoms with Crippen LogP contribution in [0.4, 0.5) is 11.4 Å². The zero-order chi connectivity index (χ0) is 15.2. The number of hydrogen-bond donors (Lipinski definition) is 2. The molecule has 2 aliphatic heterocycles. The van der Waals surface area contributed by atoms with Crippen molar-refractivity contribution in [3.05, 3.63) is 36.2 Å². The van der Waals surface area contributed by atoms with E-state index in [1.165, 1.54) is 17.7 Å². The van der Waals surface area contributed by atoms with Gasteiger partial charge < -0.3 is 20.3 Å². The van der Waals surface area contributed by atoms with Crippen LogP contribution in [0.3, 0.4) is 0 Å². The van der Waals surface area contributed by atoms with Crippen molar-refractivity contribution < 1.29 is 4.74 Å². The molecule has 1 unspecified atom stereocenters. The predicted molar refractivity (Wildman–Crippen MR) is 89.8 cm³/mol. The van der Waals surface area contributed by atoms with Crippen LogP contribution in [0.1, 0.15) is 38.8 Å². The highest BCUT2D eigenvalue weighted by atomic mass is 16.5. The first-order valence-corrected chi connectivity index (χ1v) is 7.84. The Kier molecular flexibility index (Phi) is 5.51. The van der Waals surface area contributed by atoms with Gasteiger partial charge >= 0.3 is 0 Å². The van der Waals surface area contributed by atoms with Crippen molar-refractivity contribution in [2.75, 3.05) is 36.5 Å². The lowest BCUT2D eigenvalue weighted by molar-refractivity contribution is 0.122. The average Bonchev–Trinajstić information content (AvgIpc) is 2.48. The van der Waals surface area contributed by atoms with E-state index >= 15 is 0 Å². The summed E-state index contributed by atoms with van der Waals surface area (Å²) in [4.78, 5) is 2.37. The third-order valence-corrected chi connectivity index (χ3v) is 3.55. The van der Waals surface area contributed by atoms with Crippen molar-refractivity contribution >= 4 is 11.4 Å². The third kappa shape index (κ3) is 3.91. The molecule has 2 aliphatic rings. The summed E-state index contributed by atoms with van der Waals surface area (Å²) >= 11 is 0. The Balaban J connectivity index is 0.000000497. The summed E-state index contributed by atoms with van der Waals surface area (Å²) in [7, 11) is 0. The van der Waals surface area contributed by atoms with Crippen LogP contribution in [-0.2, 0) is 4.74 Å². The number of morpholine rings is 1. The predicted octanol–water partition coefficient (Wildman–Crippen LogP) is 3.49. The fourth-order valence-corrected chi connectivity index (χ4v) is 2.58. The van der Waals surface area contributed by atoms with E-state index in [9.17, 15) is 0 Å². The Morgan fingerprint density at radius 2 is 1.95 bits per heavy atom. The second-order valence-electron chi connectivity index (χ2n) is 5.55. The fourth-order valence-electron chi connectivity index (χ4n) is 2.58. The van der Waals surface area contributed by atoms with Crippen LogP contribution in [0.2, 0.25) is 0 Å². The fraction of sp³-hybridized carbons (Fsp3) is 0.529. The second-order valence-corrected chi connectivity index (χ2v) is 5.55. The molecule has 1 aromatic rings. The molecule has 4 nitrogen and oxygen atoms in total. The van der Waals surface area contributed by atoms with E-state index in [0.717, 1.165) is 37.8 Å². The molecule has 2 N–H and O–H groups in total. The van der Waals surface area contributed by atoms with Gasteiger partial charge in [-0.25, -0.2) is 0 Å². The third-order valence-electron chi connectivity index (χ3n) is 3.55. The van der Waals surface area contributed by atoms with E-state index < -0.39 is 0 Å². The Bertz CT molecular complexity index is 481. The van der Waals surface area contributed by atoms with Crippen LogP contribution >= 0.6 is 0 Å². The summed E-state index contributed by atoms with van der Waals surface area (Å²) < 4.78 is 5.39. The molecule has 0 aliphatic carbocycles. The van der Waals surface area contributed by atoms with Gasteiger partial charge in [0.05, 0.1) is 25.1 Å². The van der Waals surface area contributed by atoms with E-state index in [4.69, 9.17) is 4.74 Å². The lowest BCUT2D eigenvalue weighted by Crippen LogP contribution is -2.36. The number of anilines is 2. The molecule has 1 fully saturated rings. The zero-order valence-electron chi connectivity index (χ0n) is 13.4. The quantitative estimate of drug-likeness (QED) is 0.830. The van der Waals surface area contributed by atoms with Gasteiger partial charge in [0.2, 0.25) is 0 Å². The normalized spacial score (nSPS) is 20.6. The molecular weight excluding hydrogens is 262 g/mol. The van der Waals surface area contributed by atoms with E-state index in [1.807, 2.05) is 0 Å². The minimum atomic E-state index is 0.301. The largest absolute Gasteiger partial charge is 0.378 e. The highest BCUT2D eigenvalue weighted by Gasteiger charge is 2.19. The van der Waals surface area contributed by atoms with Crippen LogP contribution in [-0.4, -0.2) is 26.3 Å². The molecular formula is C17H27N3O. The molecule has 116 valence electrons. The first-order chi connectivity index (χ1) is 10.2. The summed E-state index contributed by atoms with van der Waals surface area (Å²) in [5, 5.41) is 6.59. The number of hydrogen-bond acceptors (Lipinski definition) is 4. The molecule has 2 heterocycles. The van der Waals surface area contributed by atoms with Gasteiger partial charge in [0.1, 0.15) is 0 Å². The number of benzene rings is 1. The average molecular weight is 289 g/mol. The minimum absolute atomic E-state index is 0.301. The monoisotopic (exact) mass is 289 g/mol. The van der Waals surface area contributed by atoms with Crippen molar-refractivity contribution in [3.63, 3.8) is 0 Å². The number of fused-ring (bicyclic) bond motifs is 1. The van der Waals surface area contributed by atoms with Gasteiger partial charge in [-0.3, -0.25) is 0 Å². The zero-order valence-corrected chi connectivity index (χ0v) is 13.4. The van der Waals surface area contributed by atoms with Crippen molar-refractivity contribution in [2.45, 2.75) is 33.2 Å². The number of nitrogens with zero attached hydrogens (tertiary/aromatic N) is 1. The maximum Gasteiger partial charge on any atom is 0.0961 e. The van der Waals surface area contributed by atoms with E-state index in [1.54, 1.807) is 0 Å². The molecule has 3 rings (SSSR count). The lowest BCUT2D eigenvalue weighted by Gasteiger charge is -2.32. The van der Waals surface area contributed by atoms with Gasteiger partial charge in [-0.1, -0.05) is 26.8 Å². The topological polar surface area (TPSA) is 36.5 Å². The number of nitrogens with one attached hydrogen (secondary N) is 2. The van der Waals surface area contributed by atoms with Crippen molar-refractivity contribution in [1.29, 1.82) is 0 Å². The summed E-state index contributed by atoms with van der Waals surface area (Å²) in [5.74, 6) is 0.870. The van der Waals surface area contributed by atoms with Crippen LogP contribution < -0.4 is 15.5 Å². The summed E-state index contributed by atoms with van der Waals surface area (Å²) in [6, 6.07) is 6.87. The Labute approximate surface area is 128 Å². The van der Waals surface area contributed by atoms with Gasteiger partial charge in [-0.05, 0) is 30.7 Å². The maximum atomic E-state index is 5.39. The smallest absolute Gasteiger partial charge is 0.0961 e. The highest BCUT2D eigenvalue weighted by molar-refractivity contribution is 5.65. The first-order valence-electron chi connectivity index (χ1n) is 7.84. The van der Waals surface area contributed by atoms with Gasteiger partial charge in [-0.2, -0.15) is 0 Å². The van der Waals surface area contributed by atoms with Crippen molar-refractivity contribution in [2.24, 2.45) is 0 Å². The van der Waals surface area contributed by atoms with Gasteiger partial charge in [0.25, 0.3) is 0 Å². The molecule has 4 heteroatoms. The van der Waals surface area contributed by atoms with Gasteiger partial charge in [-0.15, -0.1) is 0 Å². The van der Waals surface area contributed by atoms with Crippen molar-refractivity contribution in [3.8, 4) is 0 Å². The van der Waals surface area contributed by atoms with Crippen LogP contribution in [0, 0.1) is 0 Å². The molecule has 21 heavy (non-hydrogen) atoms. The molecule has 1 atom stereocenters.